The molecular formula is C24H30N2O3. The van der Waals surface area contributed by atoms with Crippen molar-refractivity contribution in [2.24, 2.45) is 5.11 Å². The molecule has 0 spiro atoms. The fraction of sp³-hybridized carbons (Fsp3) is 0.417. The highest BCUT2D eigenvalue weighted by Crippen LogP contribution is 2.33. The molecule has 0 saturated carbocycles. The molecule has 0 N–H and O–H groups in total. The van der Waals surface area contributed by atoms with Crippen LogP contribution in [0.4, 0.5) is 11.4 Å². The van der Waals surface area contributed by atoms with Gasteiger partial charge in [-0.2, -0.15) is 0 Å². The van der Waals surface area contributed by atoms with Crippen molar-refractivity contribution in [3.05, 3.63) is 63.9 Å². The molecule has 0 radical (unpaired) electrons. The van der Waals surface area contributed by atoms with E-state index in [1.54, 1.807) is 24.3 Å². The smallest absolute Gasteiger partial charge is 0.255 e. The number of rotatable bonds is 4. The fourth-order valence-corrected chi connectivity index (χ4v) is 2.98. The molecule has 0 atom stereocenters. The Morgan fingerprint density at radius 1 is 0.793 bits per heavy atom. The predicted octanol–water partition coefficient (Wildman–Crippen LogP) is 6.61. The summed E-state index contributed by atoms with van der Waals surface area (Å²) >= 11 is 0. The van der Waals surface area contributed by atoms with Gasteiger partial charge >= 0.3 is 0 Å². The van der Waals surface area contributed by atoms with Crippen LogP contribution >= 0.6 is 0 Å². The lowest BCUT2D eigenvalue weighted by Crippen LogP contribution is -2.13. The predicted molar refractivity (Wildman–Crippen MR) is 116 cm³/mol. The van der Waals surface area contributed by atoms with Gasteiger partial charge in [-0.05, 0) is 58.9 Å². The van der Waals surface area contributed by atoms with E-state index in [1.807, 2.05) is 32.9 Å². The van der Waals surface area contributed by atoms with Crippen LogP contribution in [0.1, 0.15) is 87.2 Å². The van der Waals surface area contributed by atoms with Gasteiger partial charge in [-0.25, -0.2) is 0 Å². The minimum atomic E-state index is -0.216. The molecule has 0 heterocycles. The maximum absolute atomic E-state index is 13.0. The third-order valence-corrected chi connectivity index (χ3v) is 4.89. The molecule has 2 aromatic carbocycles. The van der Waals surface area contributed by atoms with Crippen molar-refractivity contribution >= 4 is 22.9 Å². The number of Topliss-reactive ketones (excluding diaryl/α,β-unsaturated/α-hetero) is 2. The summed E-state index contributed by atoms with van der Waals surface area (Å²) in [5, 5.41) is 17.2. The maximum atomic E-state index is 13.0. The first-order chi connectivity index (χ1) is 13.2. The van der Waals surface area contributed by atoms with Gasteiger partial charge < -0.3 is 5.21 Å². The van der Waals surface area contributed by atoms with Gasteiger partial charge in [0.1, 0.15) is 5.69 Å². The second-order valence-corrected chi connectivity index (χ2v) is 9.45. The minimum absolute atomic E-state index is 0.163. The molecule has 2 aromatic rings. The third kappa shape index (κ3) is 5.17. The first-order valence-electron chi connectivity index (χ1n) is 9.71. The number of hydrogen-bond acceptors (Lipinski definition) is 4. The van der Waals surface area contributed by atoms with Gasteiger partial charge in [-0.1, -0.05) is 53.7 Å². The van der Waals surface area contributed by atoms with Crippen molar-refractivity contribution in [1.82, 2.24) is 0 Å². The van der Waals surface area contributed by atoms with E-state index in [-0.39, 0.29) is 28.1 Å². The molecule has 0 fully saturated rings. The number of carbonyl (C=O) groups is 2. The van der Waals surface area contributed by atoms with Crippen LogP contribution in [0.25, 0.3) is 0 Å². The van der Waals surface area contributed by atoms with Crippen molar-refractivity contribution in [2.45, 2.75) is 66.2 Å². The number of azo groups is 1. The third-order valence-electron chi connectivity index (χ3n) is 4.89. The molecule has 0 aliphatic heterocycles. The Kier molecular flexibility index (Phi) is 6.12. The largest absolute Gasteiger partial charge is 0.594 e. The Morgan fingerprint density at radius 3 is 1.69 bits per heavy atom. The van der Waals surface area contributed by atoms with Gasteiger partial charge in [-0.15, -0.1) is 0 Å². The molecule has 2 rings (SSSR count). The SMILES string of the molecule is CC(=O)c1ccc(C(C)(C)C)cc1N=[N+]([O-])c1cc(C(C)(C)C)ccc1C(C)=O. The van der Waals surface area contributed by atoms with E-state index in [4.69, 9.17) is 0 Å². The van der Waals surface area contributed by atoms with Crippen LogP contribution in [0.15, 0.2) is 41.5 Å². The number of nitrogens with zero attached hydrogens (tertiary/aromatic N) is 2. The molecule has 0 aliphatic carbocycles. The summed E-state index contributed by atoms with van der Waals surface area (Å²) in [5.74, 6) is -0.389. The van der Waals surface area contributed by atoms with E-state index >= 15 is 0 Å². The van der Waals surface area contributed by atoms with Crippen LogP contribution < -0.4 is 0 Å². The molecule has 0 bridgehead atoms. The van der Waals surface area contributed by atoms with E-state index in [0.29, 0.717) is 21.7 Å². The van der Waals surface area contributed by atoms with Gasteiger partial charge in [0.25, 0.3) is 5.69 Å². The minimum Gasteiger partial charge on any atom is -0.594 e. The van der Waals surface area contributed by atoms with Gasteiger partial charge in [0.2, 0.25) is 0 Å². The lowest BCUT2D eigenvalue weighted by molar-refractivity contribution is -0.435. The average molecular weight is 395 g/mol. The molecule has 154 valence electrons. The summed E-state index contributed by atoms with van der Waals surface area (Å²) in [6, 6.07) is 10.6. The van der Waals surface area contributed by atoms with Crippen LogP contribution in [0.3, 0.4) is 0 Å². The Morgan fingerprint density at radius 2 is 1.24 bits per heavy atom. The van der Waals surface area contributed by atoms with Crippen LogP contribution in [-0.4, -0.2) is 16.4 Å². The van der Waals surface area contributed by atoms with Crippen molar-refractivity contribution in [3.8, 4) is 0 Å². The van der Waals surface area contributed by atoms with Gasteiger partial charge in [0.15, 0.2) is 11.6 Å². The lowest BCUT2D eigenvalue weighted by atomic mass is 9.86. The molecule has 5 heteroatoms. The first kappa shape index (κ1) is 22.5. The van der Waals surface area contributed by atoms with E-state index in [0.717, 1.165) is 11.1 Å². The van der Waals surface area contributed by atoms with Crippen LogP contribution in [0.5, 0.6) is 0 Å². The number of ketones is 2. The second-order valence-electron chi connectivity index (χ2n) is 9.45. The molecular weight excluding hydrogens is 364 g/mol. The molecule has 5 nitrogen and oxygen atoms in total. The molecule has 0 saturated heterocycles. The summed E-state index contributed by atoms with van der Waals surface area (Å²) in [7, 11) is 0. The number of carbonyl (C=O) groups excluding carboxylic acids is 2. The quantitative estimate of drug-likeness (QED) is 0.253. The fourth-order valence-electron chi connectivity index (χ4n) is 2.98. The van der Waals surface area contributed by atoms with Crippen LogP contribution in [0.2, 0.25) is 0 Å². The standard InChI is InChI=1S/C24H30N2O3/c1-15(27)19-11-9-17(23(3,4)5)13-21(19)25-26(29)22-14-18(24(6,7)8)10-12-20(22)16(2)28/h9-14H,1-8H3. The molecule has 0 amide bonds. The highest BCUT2D eigenvalue weighted by atomic mass is 16.5. The Bertz CT molecular complexity index is 990. The van der Waals surface area contributed by atoms with Crippen molar-refractivity contribution in [2.75, 3.05) is 0 Å². The average Bonchev–Trinajstić information content (AvgIpc) is 2.59. The number of benzene rings is 2. The van der Waals surface area contributed by atoms with E-state index in [1.165, 1.54) is 13.8 Å². The Balaban J connectivity index is 2.72. The zero-order chi connectivity index (χ0) is 22.1. The summed E-state index contributed by atoms with van der Waals surface area (Å²) in [6.07, 6.45) is 0. The monoisotopic (exact) mass is 394 g/mol. The molecule has 29 heavy (non-hydrogen) atoms. The van der Waals surface area contributed by atoms with Gasteiger partial charge in [-0.3, -0.25) is 9.59 Å². The maximum Gasteiger partial charge on any atom is 0.255 e. The van der Waals surface area contributed by atoms with Gasteiger partial charge in [0, 0.05) is 16.7 Å². The van der Waals surface area contributed by atoms with Crippen LogP contribution in [-0.2, 0) is 10.8 Å². The molecule has 0 unspecified atom stereocenters. The lowest BCUT2D eigenvalue weighted by Gasteiger charge is -2.20. The number of hydrogen-bond donors (Lipinski definition) is 0. The van der Waals surface area contributed by atoms with Crippen molar-refractivity contribution in [3.63, 3.8) is 0 Å². The van der Waals surface area contributed by atoms with E-state index < -0.39 is 0 Å². The normalized spacial score (nSPS) is 12.8. The molecule has 0 aliphatic rings. The Hall–Kier alpha value is -2.82. The zero-order valence-electron chi connectivity index (χ0n) is 18.6. The summed E-state index contributed by atoms with van der Waals surface area (Å²) < 4.78 is 0. The first-order valence-corrected chi connectivity index (χ1v) is 9.71. The van der Waals surface area contributed by atoms with Crippen molar-refractivity contribution in [1.29, 1.82) is 0 Å². The second kappa shape index (κ2) is 7.90. The summed E-state index contributed by atoms with van der Waals surface area (Å²) in [5.41, 5.74) is 2.68. The van der Waals surface area contributed by atoms with Crippen molar-refractivity contribution < 1.29 is 14.4 Å². The topological polar surface area (TPSA) is 72.6 Å². The molecule has 0 aromatic heterocycles. The summed E-state index contributed by atoms with van der Waals surface area (Å²) in [6.45, 7) is 15.1. The Labute approximate surface area is 173 Å². The highest BCUT2D eigenvalue weighted by Gasteiger charge is 2.23. The summed E-state index contributed by atoms with van der Waals surface area (Å²) in [4.78, 5) is 24.6. The van der Waals surface area contributed by atoms with E-state index in [9.17, 15) is 14.8 Å². The zero-order valence-corrected chi connectivity index (χ0v) is 18.6. The van der Waals surface area contributed by atoms with Crippen LogP contribution in [0, 0.1) is 5.21 Å². The highest BCUT2D eigenvalue weighted by molar-refractivity contribution is 5.99. The van der Waals surface area contributed by atoms with Gasteiger partial charge in [0.05, 0.1) is 5.56 Å². The van der Waals surface area contributed by atoms with E-state index in [2.05, 4.69) is 25.9 Å².